The lowest BCUT2D eigenvalue weighted by atomic mass is 9.96. The second kappa shape index (κ2) is 5.14. The Labute approximate surface area is 142 Å². The summed E-state index contributed by atoms with van der Waals surface area (Å²) in [7, 11) is 0. The van der Waals surface area contributed by atoms with Gasteiger partial charge in [-0.05, 0) is 30.3 Å². The van der Waals surface area contributed by atoms with Crippen molar-refractivity contribution in [1.29, 1.82) is 0 Å². The maximum absolute atomic E-state index is 14.4. The van der Waals surface area contributed by atoms with Crippen molar-refractivity contribution in [3.63, 3.8) is 0 Å². The van der Waals surface area contributed by atoms with Gasteiger partial charge in [0.25, 0.3) is 0 Å². The van der Waals surface area contributed by atoms with Crippen molar-refractivity contribution in [2.24, 2.45) is 0 Å². The average Bonchev–Trinajstić information content (AvgIpc) is 3.32. The largest absolute Gasteiger partial charge is 0.464 e. The number of hydrogen-bond acceptors (Lipinski definition) is 3. The summed E-state index contributed by atoms with van der Waals surface area (Å²) >= 11 is 0. The van der Waals surface area contributed by atoms with Crippen molar-refractivity contribution >= 4 is 16.8 Å². The summed E-state index contributed by atoms with van der Waals surface area (Å²) in [6, 6.07) is 11.8. The summed E-state index contributed by atoms with van der Waals surface area (Å²) in [4.78, 5) is 17.0. The molecular formula is C20H13FN2O2. The molecule has 5 heteroatoms. The van der Waals surface area contributed by atoms with Crippen LogP contribution >= 0.6 is 0 Å². The second-order valence-corrected chi connectivity index (χ2v) is 6.20. The predicted molar refractivity (Wildman–Crippen MR) is 90.9 cm³/mol. The number of rotatable bonds is 3. The Kier molecular flexibility index (Phi) is 2.91. The van der Waals surface area contributed by atoms with Gasteiger partial charge in [0.15, 0.2) is 5.78 Å². The van der Waals surface area contributed by atoms with Gasteiger partial charge in [-0.3, -0.25) is 4.79 Å². The van der Waals surface area contributed by atoms with Crippen molar-refractivity contribution in [2.45, 2.75) is 12.5 Å². The second-order valence-electron chi connectivity index (χ2n) is 6.20. The van der Waals surface area contributed by atoms with E-state index in [1.807, 2.05) is 22.8 Å². The van der Waals surface area contributed by atoms with Gasteiger partial charge in [0.1, 0.15) is 11.4 Å². The summed E-state index contributed by atoms with van der Waals surface area (Å²) < 4.78 is 21.6. The fraction of sp³-hybridized carbons (Fsp3) is 0.100. The van der Waals surface area contributed by atoms with E-state index >= 15 is 0 Å². The minimum Gasteiger partial charge on any atom is -0.464 e. The number of carbonyl (C=O) groups excluding carboxylic acids is 1. The van der Waals surface area contributed by atoms with E-state index in [4.69, 9.17) is 4.42 Å². The molecule has 4 aromatic rings. The van der Waals surface area contributed by atoms with Gasteiger partial charge in [-0.15, -0.1) is 0 Å². The average molecular weight is 332 g/mol. The molecule has 0 saturated heterocycles. The monoisotopic (exact) mass is 332 g/mol. The van der Waals surface area contributed by atoms with Gasteiger partial charge in [-0.25, -0.2) is 9.37 Å². The third-order valence-corrected chi connectivity index (χ3v) is 4.82. The SMILES string of the molecule is O=C(CC1c2c(F)cccc2-c2cncn21)c1ccc2occc2c1. The fourth-order valence-corrected chi connectivity index (χ4v) is 3.63. The van der Waals surface area contributed by atoms with Crippen LogP contribution in [0.15, 0.2) is 65.7 Å². The third-order valence-electron chi connectivity index (χ3n) is 4.82. The molecule has 5 rings (SSSR count). The molecule has 1 atom stereocenters. The van der Waals surface area contributed by atoms with E-state index in [0.717, 1.165) is 22.2 Å². The zero-order valence-electron chi connectivity index (χ0n) is 13.1. The van der Waals surface area contributed by atoms with Gasteiger partial charge in [0.05, 0.1) is 30.5 Å². The summed E-state index contributed by atoms with van der Waals surface area (Å²) in [5.41, 5.74) is 3.56. The summed E-state index contributed by atoms with van der Waals surface area (Å²) in [6.45, 7) is 0. The molecule has 0 bridgehead atoms. The number of fused-ring (bicyclic) bond motifs is 4. The summed E-state index contributed by atoms with van der Waals surface area (Å²) in [5, 5.41) is 0.882. The summed E-state index contributed by atoms with van der Waals surface area (Å²) in [5.74, 6) is -0.326. The predicted octanol–water partition coefficient (Wildman–Crippen LogP) is 4.61. The first-order valence-electron chi connectivity index (χ1n) is 8.03. The molecule has 1 unspecified atom stereocenters. The molecule has 0 spiro atoms. The van der Waals surface area contributed by atoms with Gasteiger partial charge in [-0.2, -0.15) is 0 Å². The number of imidazole rings is 1. The lowest BCUT2D eigenvalue weighted by Crippen LogP contribution is -2.12. The first-order valence-corrected chi connectivity index (χ1v) is 8.03. The van der Waals surface area contributed by atoms with Gasteiger partial charge in [0, 0.05) is 28.5 Å². The Bertz CT molecular complexity index is 1130. The number of benzene rings is 2. The molecule has 0 aliphatic carbocycles. The van der Waals surface area contributed by atoms with E-state index in [0.29, 0.717) is 11.1 Å². The molecule has 0 radical (unpaired) electrons. The summed E-state index contributed by atoms with van der Waals surface area (Å²) in [6.07, 6.45) is 5.15. The van der Waals surface area contributed by atoms with Crippen LogP contribution in [0.1, 0.15) is 28.4 Å². The molecule has 4 nitrogen and oxygen atoms in total. The number of nitrogens with zero attached hydrogens (tertiary/aromatic N) is 2. The molecule has 122 valence electrons. The van der Waals surface area contributed by atoms with Crippen LogP contribution in [0.2, 0.25) is 0 Å². The van der Waals surface area contributed by atoms with Gasteiger partial charge < -0.3 is 8.98 Å². The smallest absolute Gasteiger partial charge is 0.165 e. The van der Waals surface area contributed by atoms with Crippen LogP contribution in [-0.4, -0.2) is 15.3 Å². The Morgan fingerprint density at radius 1 is 1.24 bits per heavy atom. The highest BCUT2D eigenvalue weighted by Crippen LogP contribution is 2.42. The molecule has 3 heterocycles. The number of ketones is 1. The molecule has 0 N–H and O–H groups in total. The Morgan fingerprint density at radius 2 is 2.16 bits per heavy atom. The van der Waals surface area contributed by atoms with Crippen LogP contribution < -0.4 is 0 Å². The number of aromatic nitrogens is 2. The minimum atomic E-state index is -0.374. The van der Waals surface area contributed by atoms with Crippen molar-refractivity contribution in [1.82, 2.24) is 9.55 Å². The molecular weight excluding hydrogens is 319 g/mol. The highest BCUT2D eigenvalue weighted by atomic mass is 19.1. The minimum absolute atomic E-state index is 0.0381. The van der Waals surface area contributed by atoms with E-state index in [1.165, 1.54) is 6.07 Å². The van der Waals surface area contributed by atoms with E-state index in [9.17, 15) is 9.18 Å². The van der Waals surface area contributed by atoms with Gasteiger partial charge in [-0.1, -0.05) is 12.1 Å². The Morgan fingerprint density at radius 3 is 3.08 bits per heavy atom. The lowest BCUT2D eigenvalue weighted by molar-refractivity contribution is 0.0970. The van der Waals surface area contributed by atoms with Crippen LogP contribution in [-0.2, 0) is 0 Å². The first-order chi connectivity index (χ1) is 12.2. The van der Waals surface area contributed by atoms with Crippen LogP contribution in [0.3, 0.4) is 0 Å². The molecule has 0 saturated carbocycles. The number of carbonyl (C=O) groups is 1. The van der Waals surface area contributed by atoms with Crippen LogP contribution in [0.25, 0.3) is 22.2 Å². The zero-order chi connectivity index (χ0) is 17.0. The Hall–Kier alpha value is -3.21. The molecule has 25 heavy (non-hydrogen) atoms. The molecule has 1 aliphatic heterocycles. The van der Waals surface area contributed by atoms with E-state index < -0.39 is 0 Å². The first kappa shape index (κ1) is 14.2. The normalized spacial score (nSPS) is 15.3. The topological polar surface area (TPSA) is 48.0 Å². The van der Waals surface area contributed by atoms with Crippen molar-refractivity contribution in [3.05, 3.63) is 78.2 Å². The lowest BCUT2D eigenvalue weighted by Gasteiger charge is -2.14. The zero-order valence-corrected chi connectivity index (χ0v) is 13.1. The Balaban J connectivity index is 1.55. The standard InChI is InChI=1S/C20H13FN2O2/c21-15-3-1-2-14-17-10-22-11-23(17)16(20(14)15)9-18(24)12-4-5-19-13(8-12)6-7-25-19/h1-8,10-11,16H,9H2. The highest BCUT2D eigenvalue weighted by molar-refractivity contribution is 6.00. The fourth-order valence-electron chi connectivity index (χ4n) is 3.63. The molecule has 1 aliphatic rings. The quantitative estimate of drug-likeness (QED) is 0.515. The van der Waals surface area contributed by atoms with E-state index in [1.54, 1.807) is 37.0 Å². The third kappa shape index (κ3) is 2.05. The van der Waals surface area contributed by atoms with Crippen molar-refractivity contribution in [2.75, 3.05) is 0 Å². The van der Waals surface area contributed by atoms with Crippen LogP contribution in [0, 0.1) is 5.82 Å². The van der Waals surface area contributed by atoms with Crippen LogP contribution in [0.4, 0.5) is 4.39 Å². The number of halogens is 1. The van der Waals surface area contributed by atoms with Crippen molar-refractivity contribution in [3.8, 4) is 11.3 Å². The number of furan rings is 1. The molecule has 2 aromatic heterocycles. The van der Waals surface area contributed by atoms with E-state index in [2.05, 4.69) is 4.98 Å². The molecule has 0 fully saturated rings. The number of Topliss-reactive ketones (excluding diaryl/α,β-unsaturated/α-hetero) is 1. The highest BCUT2D eigenvalue weighted by Gasteiger charge is 2.32. The maximum atomic E-state index is 14.4. The van der Waals surface area contributed by atoms with Crippen LogP contribution in [0.5, 0.6) is 0 Å². The molecule has 2 aromatic carbocycles. The molecule has 0 amide bonds. The van der Waals surface area contributed by atoms with E-state index in [-0.39, 0.29) is 24.1 Å². The van der Waals surface area contributed by atoms with Crippen molar-refractivity contribution < 1.29 is 13.6 Å². The van der Waals surface area contributed by atoms with Gasteiger partial charge in [0.2, 0.25) is 0 Å². The number of hydrogen-bond donors (Lipinski definition) is 0. The van der Waals surface area contributed by atoms with Gasteiger partial charge >= 0.3 is 0 Å². The maximum Gasteiger partial charge on any atom is 0.165 e.